The van der Waals surface area contributed by atoms with Crippen LogP contribution in [0.2, 0.25) is 0 Å². The molecule has 4 atom stereocenters. The van der Waals surface area contributed by atoms with E-state index in [9.17, 15) is 18.0 Å². The Balaban J connectivity index is 1.15. The lowest BCUT2D eigenvalue weighted by Gasteiger charge is -2.38. The summed E-state index contributed by atoms with van der Waals surface area (Å²) in [5.74, 6) is 0.261. The highest BCUT2D eigenvalue weighted by atomic mass is 19.4. The summed E-state index contributed by atoms with van der Waals surface area (Å²) >= 11 is 0. The van der Waals surface area contributed by atoms with Crippen molar-refractivity contribution in [2.45, 2.75) is 75.1 Å². The lowest BCUT2D eigenvalue weighted by molar-refractivity contribution is -0.137. The van der Waals surface area contributed by atoms with E-state index in [0.717, 1.165) is 56.2 Å². The molecule has 0 saturated carbocycles. The number of anilines is 1. The van der Waals surface area contributed by atoms with Crippen LogP contribution in [0.3, 0.4) is 0 Å². The van der Waals surface area contributed by atoms with Crippen molar-refractivity contribution in [2.75, 3.05) is 52.4 Å². The van der Waals surface area contributed by atoms with Crippen LogP contribution in [0.1, 0.15) is 66.2 Å². The normalized spacial score (nSPS) is 25.4. The molecule has 10 nitrogen and oxygen atoms in total. The van der Waals surface area contributed by atoms with Gasteiger partial charge in [0.15, 0.2) is 0 Å². The van der Waals surface area contributed by atoms with Crippen LogP contribution < -0.4 is 15.4 Å². The maximum absolute atomic E-state index is 13.4. The van der Waals surface area contributed by atoms with E-state index in [2.05, 4.69) is 20.6 Å². The van der Waals surface area contributed by atoms with Crippen molar-refractivity contribution in [3.63, 3.8) is 0 Å². The molecule has 0 radical (unpaired) electrons. The second kappa shape index (κ2) is 14.2. The van der Waals surface area contributed by atoms with Gasteiger partial charge in [0, 0.05) is 51.5 Å². The third kappa shape index (κ3) is 8.14. The number of likely N-dealkylation sites (tertiary alicyclic amines) is 1. The van der Waals surface area contributed by atoms with Gasteiger partial charge in [-0.05, 0) is 56.2 Å². The van der Waals surface area contributed by atoms with Gasteiger partial charge in [-0.2, -0.15) is 23.1 Å². The van der Waals surface area contributed by atoms with E-state index in [1.54, 1.807) is 18.1 Å². The standard InChI is InChI=1S/C30H40F3N5O5/c1-40-26-18-42-15-12-23(26)35-21-10-13-38(14-11-21)28(39)24-16-27(37-29(36-24)41-2)34-17-22-4-3-5-25(43-22)19-6-8-20(9-7-19)30(31,32)33/h6-9,16,21-23,25-26,35H,3-5,10-15,17-18H2,1-2H3,(H,34,36,37)/t22?,23-,25+,26+/m1/s1. The molecule has 0 aliphatic carbocycles. The Morgan fingerprint density at radius 1 is 1.07 bits per heavy atom. The number of rotatable bonds is 9. The molecule has 5 rings (SSSR count). The maximum atomic E-state index is 13.4. The van der Waals surface area contributed by atoms with E-state index in [4.69, 9.17) is 18.9 Å². The summed E-state index contributed by atoms with van der Waals surface area (Å²) in [6.45, 7) is 2.93. The summed E-state index contributed by atoms with van der Waals surface area (Å²) in [5, 5.41) is 6.94. The molecule has 13 heteroatoms. The molecule has 3 fully saturated rings. The van der Waals surface area contributed by atoms with Crippen LogP contribution in [0.5, 0.6) is 6.01 Å². The van der Waals surface area contributed by atoms with Gasteiger partial charge in [0.05, 0.1) is 37.6 Å². The lowest BCUT2D eigenvalue weighted by atomic mass is 9.97. The van der Waals surface area contributed by atoms with E-state index < -0.39 is 11.7 Å². The fraction of sp³-hybridized carbons (Fsp3) is 0.633. The van der Waals surface area contributed by atoms with Gasteiger partial charge in [-0.25, -0.2) is 0 Å². The summed E-state index contributed by atoms with van der Waals surface area (Å²) in [7, 11) is 3.16. The van der Waals surface area contributed by atoms with E-state index >= 15 is 0 Å². The number of halogens is 3. The van der Waals surface area contributed by atoms with Crippen molar-refractivity contribution in [3.8, 4) is 6.01 Å². The van der Waals surface area contributed by atoms with Crippen LogP contribution in [-0.4, -0.2) is 92.1 Å². The molecular formula is C30H40F3N5O5. The van der Waals surface area contributed by atoms with Crippen LogP contribution in [0, 0.1) is 0 Å². The Kier molecular flexibility index (Phi) is 10.4. The number of piperidine rings is 1. The zero-order chi connectivity index (χ0) is 30.4. The van der Waals surface area contributed by atoms with Gasteiger partial charge in [0.2, 0.25) is 0 Å². The van der Waals surface area contributed by atoms with Gasteiger partial charge >= 0.3 is 12.2 Å². The van der Waals surface area contributed by atoms with Crippen molar-refractivity contribution in [3.05, 3.63) is 47.2 Å². The minimum atomic E-state index is -4.37. The Morgan fingerprint density at radius 2 is 1.84 bits per heavy atom. The van der Waals surface area contributed by atoms with Gasteiger partial charge in [0.25, 0.3) is 5.91 Å². The van der Waals surface area contributed by atoms with E-state index in [0.29, 0.717) is 44.7 Å². The monoisotopic (exact) mass is 607 g/mol. The predicted molar refractivity (Wildman–Crippen MR) is 152 cm³/mol. The minimum absolute atomic E-state index is 0.0301. The fourth-order valence-electron chi connectivity index (χ4n) is 5.97. The number of ether oxygens (including phenoxy) is 4. The third-order valence-corrected chi connectivity index (χ3v) is 8.42. The molecule has 3 aliphatic rings. The molecule has 3 aliphatic heterocycles. The highest BCUT2D eigenvalue weighted by Crippen LogP contribution is 2.34. The Labute approximate surface area is 249 Å². The molecule has 3 saturated heterocycles. The maximum Gasteiger partial charge on any atom is 0.416 e. The van der Waals surface area contributed by atoms with Crippen LogP contribution in [0.25, 0.3) is 0 Å². The number of carbonyl (C=O) groups excluding carboxylic acids is 1. The number of alkyl halides is 3. The number of hydrogen-bond acceptors (Lipinski definition) is 9. The number of hydrogen-bond donors (Lipinski definition) is 2. The highest BCUT2D eigenvalue weighted by molar-refractivity contribution is 5.93. The van der Waals surface area contributed by atoms with E-state index in [1.807, 2.05) is 0 Å². The van der Waals surface area contributed by atoms with E-state index in [-0.39, 0.29) is 42.0 Å². The van der Waals surface area contributed by atoms with Crippen molar-refractivity contribution < 1.29 is 36.9 Å². The highest BCUT2D eigenvalue weighted by Gasteiger charge is 2.32. The summed E-state index contributed by atoms with van der Waals surface area (Å²) in [6, 6.07) is 7.39. The topological polar surface area (TPSA) is 107 Å². The van der Waals surface area contributed by atoms with Crippen molar-refractivity contribution in [1.29, 1.82) is 0 Å². The average molecular weight is 608 g/mol. The summed E-state index contributed by atoms with van der Waals surface area (Å²) in [4.78, 5) is 23.9. The molecule has 1 amide bonds. The van der Waals surface area contributed by atoms with Crippen molar-refractivity contribution in [2.24, 2.45) is 0 Å². The molecule has 1 aromatic heterocycles. The van der Waals surface area contributed by atoms with Crippen molar-refractivity contribution >= 4 is 11.7 Å². The first kappa shape index (κ1) is 31.4. The van der Waals surface area contributed by atoms with Crippen LogP contribution in [-0.2, 0) is 20.4 Å². The second-order valence-corrected chi connectivity index (χ2v) is 11.3. The largest absolute Gasteiger partial charge is 0.467 e. The first-order chi connectivity index (χ1) is 20.7. The molecule has 1 aromatic carbocycles. The van der Waals surface area contributed by atoms with E-state index in [1.165, 1.54) is 19.2 Å². The zero-order valence-electron chi connectivity index (χ0n) is 24.6. The zero-order valence-corrected chi connectivity index (χ0v) is 24.6. The predicted octanol–water partition coefficient (Wildman–Crippen LogP) is 4.22. The SMILES string of the molecule is COc1nc(NCC2CCC[C@@H](c3ccc(C(F)(F)F)cc3)O2)cc(C(=O)N2CCC(N[C@@H]3CCOC[C@@H]3OC)CC2)n1. The quantitative estimate of drug-likeness (QED) is 0.433. The smallest absolute Gasteiger partial charge is 0.416 e. The summed E-state index contributed by atoms with van der Waals surface area (Å²) < 4.78 is 61.4. The van der Waals surface area contributed by atoms with Gasteiger partial charge in [-0.15, -0.1) is 0 Å². The van der Waals surface area contributed by atoms with Gasteiger partial charge < -0.3 is 34.5 Å². The number of carbonyl (C=O) groups is 1. The Morgan fingerprint density at radius 3 is 2.53 bits per heavy atom. The first-order valence-corrected chi connectivity index (χ1v) is 14.9. The van der Waals surface area contributed by atoms with Crippen molar-refractivity contribution in [1.82, 2.24) is 20.2 Å². The number of aromatic nitrogens is 2. The minimum Gasteiger partial charge on any atom is -0.467 e. The first-order valence-electron chi connectivity index (χ1n) is 14.9. The van der Waals surface area contributed by atoms with Crippen LogP contribution in [0.15, 0.2) is 30.3 Å². The molecule has 2 aromatic rings. The number of methoxy groups -OCH3 is 2. The van der Waals surface area contributed by atoms with Gasteiger partial charge in [0.1, 0.15) is 11.5 Å². The van der Waals surface area contributed by atoms with Gasteiger partial charge in [-0.3, -0.25) is 4.79 Å². The third-order valence-electron chi connectivity index (χ3n) is 8.42. The number of nitrogens with one attached hydrogen (secondary N) is 2. The second-order valence-electron chi connectivity index (χ2n) is 11.3. The average Bonchev–Trinajstić information content (AvgIpc) is 3.03. The Bertz CT molecular complexity index is 1210. The molecule has 43 heavy (non-hydrogen) atoms. The molecular weight excluding hydrogens is 567 g/mol. The fourth-order valence-corrected chi connectivity index (χ4v) is 5.97. The Hall–Kier alpha value is -3.00. The van der Waals surface area contributed by atoms with Crippen LogP contribution >= 0.6 is 0 Å². The molecule has 4 heterocycles. The van der Waals surface area contributed by atoms with Crippen LogP contribution in [0.4, 0.5) is 19.0 Å². The summed E-state index contributed by atoms with van der Waals surface area (Å²) in [5.41, 5.74) is 0.293. The number of amides is 1. The summed E-state index contributed by atoms with van der Waals surface area (Å²) in [6.07, 6.45) is 0.140. The number of nitrogens with zero attached hydrogens (tertiary/aromatic N) is 3. The lowest BCUT2D eigenvalue weighted by Crippen LogP contribution is -2.54. The molecule has 1 unspecified atom stereocenters. The molecule has 236 valence electrons. The number of benzene rings is 1. The van der Waals surface area contributed by atoms with Gasteiger partial charge in [-0.1, -0.05) is 12.1 Å². The molecule has 2 N–H and O–H groups in total. The molecule has 0 bridgehead atoms. The molecule has 0 spiro atoms.